The lowest BCUT2D eigenvalue weighted by Gasteiger charge is -2.11. The van der Waals surface area contributed by atoms with Crippen molar-refractivity contribution in [1.82, 2.24) is 20.7 Å². The van der Waals surface area contributed by atoms with E-state index in [1.165, 1.54) is 0 Å². The normalized spacial score (nSPS) is 10.9. The lowest BCUT2D eigenvalue weighted by Crippen LogP contribution is -2.24. The number of carbonyl (C=O) groups excluding carboxylic acids is 1. The maximum absolute atomic E-state index is 13.8. The molecule has 1 amide bonds. The molecule has 0 saturated heterocycles. The Kier molecular flexibility index (Phi) is 4.60. The van der Waals surface area contributed by atoms with E-state index in [9.17, 15) is 13.6 Å². The molecule has 2 aromatic carbocycles. The van der Waals surface area contributed by atoms with Gasteiger partial charge in [-0.25, -0.2) is 8.78 Å². The van der Waals surface area contributed by atoms with Crippen LogP contribution in [0.2, 0.25) is 0 Å². The fourth-order valence-electron chi connectivity index (χ4n) is 2.70. The zero-order valence-electron chi connectivity index (χ0n) is 13.7. The van der Waals surface area contributed by atoms with Crippen molar-refractivity contribution >= 4 is 16.9 Å². The number of methoxy groups -OCH3 is 1. The van der Waals surface area contributed by atoms with Crippen LogP contribution in [-0.2, 0) is 13.0 Å². The summed E-state index contributed by atoms with van der Waals surface area (Å²) in [4.78, 5) is 12.3. The molecule has 3 aromatic rings. The summed E-state index contributed by atoms with van der Waals surface area (Å²) in [6.07, 6.45) is 0.750. The van der Waals surface area contributed by atoms with E-state index in [-0.39, 0.29) is 12.1 Å². The van der Waals surface area contributed by atoms with Crippen LogP contribution in [0.5, 0.6) is 5.75 Å². The number of benzene rings is 2. The van der Waals surface area contributed by atoms with Gasteiger partial charge in [-0.1, -0.05) is 18.2 Å². The number of hydrogen-bond acceptors (Lipinski definition) is 4. The minimum absolute atomic E-state index is 0.124. The summed E-state index contributed by atoms with van der Waals surface area (Å²) in [5, 5.41) is 13.2. The van der Waals surface area contributed by atoms with Crippen LogP contribution in [-0.4, -0.2) is 28.4 Å². The third-order valence-electron chi connectivity index (χ3n) is 3.97. The molecular formula is C17H16F2N4O2. The second-order valence-corrected chi connectivity index (χ2v) is 5.42. The van der Waals surface area contributed by atoms with E-state index in [4.69, 9.17) is 0 Å². The van der Waals surface area contributed by atoms with E-state index < -0.39 is 23.3 Å². The lowest BCUT2D eigenvalue weighted by molar-refractivity contribution is 0.0950. The molecule has 0 aliphatic carbocycles. The summed E-state index contributed by atoms with van der Waals surface area (Å²) in [5.74, 6) is -2.97. The molecule has 2 N–H and O–H groups in total. The van der Waals surface area contributed by atoms with Crippen LogP contribution < -0.4 is 10.1 Å². The molecule has 6 nitrogen and oxygen atoms in total. The van der Waals surface area contributed by atoms with Crippen LogP contribution in [0, 0.1) is 11.6 Å². The molecule has 130 valence electrons. The number of ether oxygens (including phenoxy) is 1. The van der Waals surface area contributed by atoms with Gasteiger partial charge in [-0.05, 0) is 30.2 Å². The molecule has 3 rings (SSSR count). The first-order valence-electron chi connectivity index (χ1n) is 7.67. The molecular weight excluding hydrogens is 330 g/mol. The molecule has 0 aliphatic rings. The standard InChI is InChI=1S/C17H16F2N4O2/c1-3-9-4-5-14-15(22-23-21-14)11(9)8-20-17(24)10-6-12(18)16(25-2)13(19)7-10/h4-7H,3,8H2,1-2H3,(H,20,24)(H,21,22,23). The van der Waals surface area contributed by atoms with Crippen molar-refractivity contribution in [3.05, 3.63) is 52.6 Å². The number of fused-ring (bicyclic) bond motifs is 1. The Hall–Kier alpha value is -3.03. The Bertz CT molecular complexity index is 917. The summed E-state index contributed by atoms with van der Waals surface area (Å²) in [7, 11) is 1.16. The van der Waals surface area contributed by atoms with Gasteiger partial charge in [-0.15, -0.1) is 5.10 Å². The van der Waals surface area contributed by atoms with Crippen molar-refractivity contribution in [3.8, 4) is 5.75 Å². The molecule has 0 bridgehead atoms. The number of amides is 1. The van der Waals surface area contributed by atoms with E-state index in [2.05, 4.69) is 25.5 Å². The lowest BCUT2D eigenvalue weighted by atomic mass is 10.0. The van der Waals surface area contributed by atoms with Crippen LogP contribution in [0.3, 0.4) is 0 Å². The quantitative estimate of drug-likeness (QED) is 0.744. The van der Waals surface area contributed by atoms with Gasteiger partial charge in [0.2, 0.25) is 0 Å². The van der Waals surface area contributed by atoms with Gasteiger partial charge in [-0.3, -0.25) is 9.89 Å². The molecule has 0 radical (unpaired) electrons. The topological polar surface area (TPSA) is 79.9 Å². The van der Waals surface area contributed by atoms with Crippen molar-refractivity contribution in [2.45, 2.75) is 19.9 Å². The van der Waals surface area contributed by atoms with Crippen molar-refractivity contribution in [2.24, 2.45) is 0 Å². The molecule has 0 unspecified atom stereocenters. The van der Waals surface area contributed by atoms with E-state index in [1.54, 1.807) is 0 Å². The fraction of sp³-hybridized carbons (Fsp3) is 0.235. The third kappa shape index (κ3) is 3.15. The average molecular weight is 346 g/mol. The second kappa shape index (κ2) is 6.84. The predicted molar refractivity (Wildman–Crippen MR) is 87.3 cm³/mol. The monoisotopic (exact) mass is 346 g/mol. The Morgan fingerprint density at radius 3 is 2.64 bits per heavy atom. The van der Waals surface area contributed by atoms with Gasteiger partial charge in [0, 0.05) is 17.7 Å². The van der Waals surface area contributed by atoms with Crippen molar-refractivity contribution in [3.63, 3.8) is 0 Å². The highest BCUT2D eigenvalue weighted by molar-refractivity contribution is 5.94. The number of halogens is 2. The van der Waals surface area contributed by atoms with Gasteiger partial charge in [-0.2, -0.15) is 0 Å². The van der Waals surface area contributed by atoms with Crippen LogP contribution >= 0.6 is 0 Å². The number of carbonyl (C=O) groups is 1. The zero-order valence-corrected chi connectivity index (χ0v) is 13.7. The number of aromatic amines is 1. The SMILES string of the molecule is CCc1ccc2[nH]nnc2c1CNC(=O)c1cc(F)c(OC)c(F)c1. The highest BCUT2D eigenvalue weighted by Gasteiger charge is 2.17. The number of nitrogens with one attached hydrogen (secondary N) is 2. The third-order valence-corrected chi connectivity index (χ3v) is 3.97. The second-order valence-electron chi connectivity index (χ2n) is 5.42. The molecule has 0 atom stereocenters. The van der Waals surface area contributed by atoms with Gasteiger partial charge in [0.05, 0.1) is 12.6 Å². The minimum Gasteiger partial charge on any atom is -0.491 e. The molecule has 1 aromatic heterocycles. The van der Waals surface area contributed by atoms with E-state index in [0.717, 1.165) is 42.3 Å². The highest BCUT2D eigenvalue weighted by Crippen LogP contribution is 2.23. The predicted octanol–water partition coefficient (Wildman–Crippen LogP) is 2.74. The molecule has 0 aliphatic heterocycles. The minimum atomic E-state index is -0.930. The molecule has 8 heteroatoms. The average Bonchev–Trinajstić information content (AvgIpc) is 3.07. The van der Waals surface area contributed by atoms with Crippen LogP contribution in [0.4, 0.5) is 8.78 Å². The molecule has 0 saturated carbocycles. The van der Waals surface area contributed by atoms with Crippen LogP contribution in [0.15, 0.2) is 24.3 Å². The van der Waals surface area contributed by atoms with Gasteiger partial charge < -0.3 is 10.1 Å². The Morgan fingerprint density at radius 2 is 2.00 bits per heavy atom. The molecule has 0 fully saturated rings. The maximum Gasteiger partial charge on any atom is 0.251 e. The summed E-state index contributed by atoms with van der Waals surface area (Å²) >= 11 is 0. The summed E-state index contributed by atoms with van der Waals surface area (Å²) in [6.45, 7) is 2.15. The summed E-state index contributed by atoms with van der Waals surface area (Å²) < 4.78 is 32.1. The van der Waals surface area contributed by atoms with E-state index in [1.807, 2.05) is 19.1 Å². The molecule has 1 heterocycles. The van der Waals surface area contributed by atoms with E-state index in [0.29, 0.717) is 5.52 Å². The molecule has 0 spiro atoms. The Morgan fingerprint density at radius 1 is 1.28 bits per heavy atom. The van der Waals surface area contributed by atoms with Gasteiger partial charge >= 0.3 is 0 Å². The van der Waals surface area contributed by atoms with Gasteiger partial charge in [0.15, 0.2) is 17.4 Å². The zero-order chi connectivity index (χ0) is 18.0. The van der Waals surface area contributed by atoms with Crippen molar-refractivity contribution < 1.29 is 18.3 Å². The number of aromatic nitrogens is 3. The number of nitrogens with zero attached hydrogens (tertiary/aromatic N) is 2. The largest absolute Gasteiger partial charge is 0.491 e. The first-order chi connectivity index (χ1) is 12.0. The smallest absolute Gasteiger partial charge is 0.251 e. The summed E-state index contributed by atoms with van der Waals surface area (Å²) in [5.41, 5.74) is 3.11. The number of hydrogen-bond donors (Lipinski definition) is 2. The first kappa shape index (κ1) is 16.8. The van der Waals surface area contributed by atoms with Crippen LogP contribution in [0.1, 0.15) is 28.4 Å². The van der Waals surface area contributed by atoms with Crippen molar-refractivity contribution in [2.75, 3.05) is 7.11 Å². The Balaban J connectivity index is 1.85. The fourth-order valence-corrected chi connectivity index (χ4v) is 2.70. The van der Waals surface area contributed by atoms with Gasteiger partial charge in [0.25, 0.3) is 5.91 Å². The number of H-pyrrole nitrogens is 1. The summed E-state index contributed by atoms with van der Waals surface area (Å²) in [6, 6.07) is 5.67. The van der Waals surface area contributed by atoms with Crippen LogP contribution in [0.25, 0.3) is 11.0 Å². The maximum atomic E-state index is 13.8. The number of aryl methyl sites for hydroxylation is 1. The van der Waals surface area contributed by atoms with Gasteiger partial charge in [0.1, 0.15) is 5.52 Å². The number of rotatable bonds is 5. The highest BCUT2D eigenvalue weighted by atomic mass is 19.1. The molecule has 25 heavy (non-hydrogen) atoms. The first-order valence-corrected chi connectivity index (χ1v) is 7.67. The van der Waals surface area contributed by atoms with E-state index >= 15 is 0 Å². The van der Waals surface area contributed by atoms with Crippen molar-refractivity contribution in [1.29, 1.82) is 0 Å². The Labute approximate surface area is 142 Å².